The van der Waals surface area contributed by atoms with E-state index in [9.17, 15) is 4.79 Å². The van der Waals surface area contributed by atoms with Crippen LogP contribution in [-0.2, 0) is 16.0 Å². The van der Waals surface area contributed by atoms with E-state index in [2.05, 4.69) is 31.7 Å². The topological polar surface area (TPSA) is 29.5 Å². The molecule has 0 aliphatic rings. The highest BCUT2D eigenvalue weighted by atomic mass is 16.5. The molecule has 0 spiro atoms. The number of aryl methyl sites for hydroxylation is 2. The van der Waals surface area contributed by atoms with Gasteiger partial charge in [0.2, 0.25) is 0 Å². The minimum Gasteiger partial charge on any atom is -0.466 e. The molecule has 1 aromatic rings. The van der Waals surface area contributed by atoms with Gasteiger partial charge in [0.05, 0.1) is 6.61 Å². The molecule has 0 radical (unpaired) electrons. The third-order valence-corrected chi connectivity index (χ3v) is 2.85. The zero-order chi connectivity index (χ0) is 13.5. The first-order chi connectivity index (χ1) is 8.58. The maximum atomic E-state index is 11.3. The standard InChI is InChI=1S/C15H21NO2/c1-5-16(4)14-11-13(8-7-12(14)3)9-10-15(17)18-6-2/h5,7-8,11H,1,6,9-10H2,2-4H3. The molecule has 0 saturated heterocycles. The molecular formula is C15H21NO2. The lowest BCUT2D eigenvalue weighted by Crippen LogP contribution is -2.10. The number of nitrogens with zero attached hydrogens (tertiary/aromatic N) is 1. The van der Waals surface area contributed by atoms with Gasteiger partial charge in [0, 0.05) is 19.2 Å². The van der Waals surface area contributed by atoms with Gasteiger partial charge in [-0.05, 0) is 43.7 Å². The molecule has 18 heavy (non-hydrogen) atoms. The number of ether oxygens (including phenoxy) is 1. The van der Waals surface area contributed by atoms with Crippen LogP contribution >= 0.6 is 0 Å². The Morgan fingerprint density at radius 1 is 1.50 bits per heavy atom. The molecule has 0 aliphatic carbocycles. The number of hydrogen-bond donors (Lipinski definition) is 0. The minimum atomic E-state index is -0.142. The molecule has 3 heteroatoms. The first kappa shape index (κ1) is 14.3. The van der Waals surface area contributed by atoms with Crippen LogP contribution in [0.1, 0.15) is 24.5 Å². The van der Waals surface area contributed by atoms with Crippen molar-refractivity contribution in [2.75, 3.05) is 18.6 Å². The molecule has 1 rings (SSSR count). The largest absolute Gasteiger partial charge is 0.466 e. The summed E-state index contributed by atoms with van der Waals surface area (Å²) < 4.78 is 4.92. The Labute approximate surface area is 109 Å². The van der Waals surface area contributed by atoms with Crippen molar-refractivity contribution in [1.82, 2.24) is 0 Å². The van der Waals surface area contributed by atoms with Crippen molar-refractivity contribution in [3.8, 4) is 0 Å². The van der Waals surface area contributed by atoms with Gasteiger partial charge >= 0.3 is 5.97 Å². The van der Waals surface area contributed by atoms with E-state index in [1.165, 1.54) is 5.56 Å². The van der Waals surface area contributed by atoms with E-state index in [4.69, 9.17) is 4.74 Å². The predicted molar refractivity (Wildman–Crippen MR) is 74.7 cm³/mol. The summed E-state index contributed by atoms with van der Waals surface area (Å²) in [5.41, 5.74) is 3.45. The van der Waals surface area contributed by atoms with Gasteiger partial charge in [-0.1, -0.05) is 18.7 Å². The number of carbonyl (C=O) groups is 1. The second kappa shape index (κ2) is 6.84. The first-order valence-corrected chi connectivity index (χ1v) is 6.19. The molecule has 0 aliphatic heterocycles. The van der Waals surface area contributed by atoms with Crippen LogP contribution in [0, 0.1) is 6.92 Å². The van der Waals surface area contributed by atoms with Crippen LogP contribution in [0.5, 0.6) is 0 Å². The number of anilines is 1. The number of rotatable bonds is 6. The number of benzene rings is 1. The van der Waals surface area contributed by atoms with Crippen molar-refractivity contribution >= 4 is 11.7 Å². The van der Waals surface area contributed by atoms with Gasteiger partial charge in [-0.3, -0.25) is 4.79 Å². The Morgan fingerprint density at radius 2 is 2.22 bits per heavy atom. The second-order valence-corrected chi connectivity index (χ2v) is 4.22. The molecule has 0 heterocycles. The summed E-state index contributed by atoms with van der Waals surface area (Å²) in [7, 11) is 1.96. The average Bonchev–Trinajstić information content (AvgIpc) is 2.37. The van der Waals surface area contributed by atoms with Crippen LogP contribution in [0.2, 0.25) is 0 Å². The van der Waals surface area contributed by atoms with Crippen LogP contribution < -0.4 is 4.90 Å². The van der Waals surface area contributed by atoms with Crippen molar-refractivity contribution in [1.29, 1.82) is 0 Å². The highest BCUT2D eigenvalue weighted by Gasteiger charge is 2.06. The Morgan fingerprint density at radius 3 is 2.83 bits per heavy atom. The van der Waals surface area contributed by atoms with Gasteiger partial charge in [-0.2, -0.15) is 0 Å². The first-order valence-electron chi connectivity index (χ1n) is 6.19. The second-order valence-electron chi connectivity index (χ2n) is 4.22. The van der Waals surface area contributed by atoms with Gasteiger partial charge < -0.3 is 9.64 Å². The molecule has 1 aromatic carbocycles. The van der Waals surface area contributed by atoms with E-state index < -0.39 is 0 Å². The summed E-state index contributed by atoms with van der Waals surface area (Å²) in [6.45, 7) is 8.08. The predicted octanol–water partition coefficient (Wildman–Crippen LogP) is 3.07. The Balaban J connectivity index is 2.73. The lowest BCUT2D eigenvalue weighted by molar-refractivity contribution is -0.143. The van der Waals surface area contributed by atoms with E-state index in [1.54, 1.807) is 6.20 Å². The SMILES string of the molecule is C=CN(C)c1cc(CCC(=O)OCC)ccc1C. The molecule has 0 bridgehead atoms. The summed E-state index contributed by atoms with van der Waals surface area (Å²) in [4.78, 5) is 13.3. The number of esters is 1. The highest BCUT2D eigenvalue weighted by molar-refractivity contribution is 5.69. The summed E-state index contributed by atoms with van der Waals surface area (Å²) >= 11 is 0. The molecule has 3 nitrogen and oxygen atoms in total. The highest BCUT2D eigenvalue weighted by Crippen LogP contribution is 2.21. The molecule has 0 aromatic heterocycles. The van der Waals surface area contributed by atoms with Gasteiger partial charge in [0.25, 0.3) is 0 Å². The van der Waals surface area contributed by atoms with E-state index in [-0.39, 0.29) is 5.97 Å². The Hall–Kier alpha value is -1.77. The fourth-order valence-electron chi connectivity index (χ4n) is 1.77. The summed E-state index contributed by atoms with van der Waals surface area (Å²) in [5.74, 6) is -0.142. The third-order valence-electron chi connectivity index (χ3n) is 2.85. The molecule has 0 atom stereocenters. The Bertz CT molecular complexity index is 427. The fourth-order valence-corrected chi connectivity index (χ4v) is 1.77. The van der Waals surface area contributed by atoms with Crippen molar-refractivity contribution in [2.24, 2.45) is 0 Å². The molecule has 0 fully saturated rings. The zero-order valence-electron chi connectivity index (χ0n) is 11.4. The summed E-state index contributed by atoms with van der Waals surface area (Å²) in [5, 5.41) is 0. The van der Waals surface area contributed by atoms with Gasteiger partial charge in [0.15, 0.2) is 0 Å². The van der Waals surface area contributed by atoms with E-state index in [0.717, 1.165) is 11.3 Å². The maximum absolute atomic E-state index is 11.3. The quantitative estimate of drug-likeness (QED) is 0.723. The normalized spacial score (nSPS) is 9.94. The smallest absolute Gasteiger partial charge is 0.306 e. The molecule has 0 N–H and O–H groups in total. The van der Waals surface area contributed by atoms with E-state index in [0.29, 0.717) is 19.4 Å². The van der Waals surface area contributed by atoms with Crippen LogP contribution in [0.4, 0.5) is 5.69 Å². The van der Waals surface area contributed by atoms with Crippen LogP contribution in [0.15, 0.2) is 31.0 Å². The van der Waals surface area contributed by atoms with E-state index in [1.807, 2.05) is 18.9 Å². The molecule has 98 valence electrons. The number of carbonyl (C=O) groups excluding carboxylic acids is 1. The lowest BCUT2D eigenvalue weighted by Gasteiger charge is -2.17. The number of hydrogen-bond acceptors (Lipinski definition) is 3. The van der Waals surface area contributed by atoms with Crippen LogP contribution in [0.3, 0.4) is 0 Å². The van der Waals surface area contributed by atoms with Gasteiger partial charge in [-0.25, -0.2) is 0 Å². The van der Waals surface area contributed by atoms with Crippen molar-refractivity contribution < 1.29 is 9.53 Å². The van der Waals surface area contributed by atoms with Gasteiger partial charge in [-0.15, -0.1) is 0 Å². The lowest BCUT2D eigenvalue weighted by atomic mass is 10.1. The Kier molecular flexibility index (Phi) is 5.43. The van der Waals surface area contributed by atoms with Crippen LogP contribution in [-0.4, -0.2) is 19.6 Å². The average molecular weight is 247 g/mol. The van der Waals surface area contributed by atoms with Crippen molar-refractivity contribution in [2.45, 2.75) is 26.7 Å². The molecule has 0 unspecified atom stereocenters. The van der Waals surface area contributed by atoms with Gasteiger partial charge in [0.1, 0.15) is 0 Å². The minimum absolute atomic E-state index is 0.142. The molecule has 0 amide bonds. The van der Waals surface area contributed by atoms with Crippen LogP contribution in [0.25, 0.3) is 0 Å². The van der Waals surface area contributed by atoms with Crippen molar-refractivity contribution in [3.63, 3.8) is 0 Å². The molecule has 0 saturated carbocycles. The monoisotopic (exact) mass is 247 g/mol. The summed E-state index contributed by atoms with van der Waals surface area (Å²) in [6, 6.07) is 6.21. The van der Waals surface area contributed by atoms with E-state index >= 15 is 0 Å². The molecular weight excluding hydrogens is 226 g/mol. The zero-order valence-corrected chi connectivity index (χ0v) is 11.4. The third kappa shape index (κ3) is 3.91. The maximum Gasteiger partial charge on any atom is 0.306 e. The van der Waals surface area contributed by atoms with Crippen molar-refractivity contribution in [3.05, 3.63) is 42.1 Å². The fraction of sp³-hybridized carbons (Fsp3) is 0.400. The summed E-state index contributed by atoms with van der Waals surface area (Å²) in [6.07, 6.45) is 2.91.